The fraction of sp³-hybridized carbons (Fsp3) is 0.368. The van der Waals surface area contributed by atoms with Gasteiger partial charge in [0.1, 0.15) is 17.1 Å². The molecule has 0 bridgehead atoms. The van der Waals surface area contributed by atoms with E-state index >= 15 is 0 Å². The van der Waals surface area contributed by atoms with Gasteiger partial charge in [-0.1, -0.05) is 17.8 Å². The van der Waals surface area contributed by atoms with Gasteiger partial charge < -0.3 is 10.4 Å². The van der Waals surface area contributed by atoms with Gasteiger partial charge in [-0.2, -0.15) is 0 Å². The Morgan fingerprint density at radius 1 is 1.36 bits per heavy atom. The molecule has 0 radical (unpaired) electrons. The van der Waals surface area contributed by atoms with Crippen LogP contribution in [0.15, 0.2) is 43.5 Å². The molecular formula is C19H19N5O6S3. The van der Waals surface area contributed by atoms with E-state index in [0.29, 0.717) is 11.3 Å². The van der Waals surface area contributed by atoms with E-state index in [-0.39, 0.29) is 35.5 Å². The number of amides is 2. The number of fused-ring (bicyclic) bond motifs is 1. The molecule has 3 N–H and O–H groups in total. The molecule has 2 aliphatic heterocycles. The highest BCUT2D eigenvalue weighted by Gasteiger charge is 2.54. The third-order valence-electron chi connectivity index (χ3n) is 5.10. The number of aromatic amines is 1. The average Bonchev–Trinajstić information content (AvgIpc) is 3.30. The quantitative estimate of drug-likeness (QED) is 0.255. The molecule has 33 heavy (non-hydrogen) atoms. The zero-order valence-corrected chi connectivity index (χ0v) is 19.7. The highest BCUT2D eigenvalue weighted by atomic mass is 32.2. The van der Waals surface area contributed by atoms with Gasteiger partial charge >= 0.3 is 17.1 Å². The van der Waals surface area contributed by atoms with Crippen LogP contribution in [0.2, 0.25) is 0 Å². The molecule has 0 unspecified atom stereocenters. The molecule has 2 aromatic heterocycles. The summed E-state index contributed by atoms with van der Waals surface area (Å²) in [6, 6.07) is 2.89. The number of carbonyl (C=O) groups excluding carboxylic acids is 2. The summed E-state index contributed by atoms with van der Waals surface area (Å²) < 4.78 is 1.21. The summed E-state index contributed by atoms with van der Waals surface area (Å²) >= 11 is 3.92. The molecule has 14 heteroatoms. The molecule has 0 spiro atoms. The highest BCUT2D eigenvalue weighted by Crippen LogP contribution is 2.41. The smallest absolute Gasteiger partial charge is 0.352 e. The molecule has 2 aromatic rings. The first-order chi connectivity index (χ1) is 15.8. The zero-order valence-electron chi connectivity index (χ0n) is 17.3. The van der Waals surface area contributed by atoms with Crippen LogP contribution < -0.4 is 16.4 Å². The Balaban J connectivity index is 1.49. The SMILES string of the molecule is CCn1c(SCC2=C(C(=O)O)N3C(=O)[C@@H](NC(=O)Cc4cccs4)[C@@H]3SC2)n[nH]c(=O)c1=O. The van der Waals surface area contributed by atoms with E-state index in [1.165, 1.54) is 32.6 Å². The van der Waals surface area contributed by atoms with Gasteiger partial charge in [-0.25, -0.2) is 9.89 Å². The number of nitrogens with zero attached hydrogens (tertiary/aromatic N) is 3. The van der Waals surface area contributed by atoms with Crippen LogP contribution in [-0.2, 0) is 27.3 Å². The lowest BCUT2D eigenvalue weighted by Crippen LogP contribution is -2.70. The Hall–Kier alpha value is -2.84. The van der Waals surface area contributed by atoms with Gasteiger partial charge in [-0.05, 0) is 23.9 Å². The van der Waals surface area contributed by atoms with Crippen molar-refractivity contribution in [2.24, 2.45) is 0 Å². The minimum absolute atomic E-state index is 0.116. The Bertz CT molecular complexity index is 1250. The molecule has 2 atom stereocenters. The van der Waals surface area contributed by atoms with E-state index in [1.54, 1.807) is 6.92 Å². The lowest BCUT2D eigenvalue weighted by atomic mass is 10.0. The first-order valence-corrected chi connectivity index (χ1v) is 12.8. The Morgan fingerprint density at radius 3 is 2.82 bits per heavy atom. The van der Waals surface area contributed by atoms with Crippen molar-refractivity contribution in [2.75, 3.05) is 11.5 Å². The van der Waals surface area contributed by atoms with Gasteiger partial charge in [0.05, 0.1) is 6.42 Å². The second-order valence-corrected chi connectivity index (χ2v) is 10.2. The number of β-lactam (4-membered cyclic amide) rings is 1. The molecule has 11 nitrogen and oxygen atoms in total. The molecule has 0 aromatic carbocycles. The monoisotopic (exact) mass is 509 g/mol. The third-order valence-corrected chi connectivity index (χ3v) is 8.38. The van der Waals surface area contributed by atoms with Gasteiger partial charge in [0.2, 0.25) is 5.91 Å². The van der Waals surface area contributed by atoms with Crippen molar-refractivity contribution in [2.45, 2.75) is 36.5 Å². The van der Waals surface area contributed by atoms with Gasteiger partial charge in [-0.3, -0.25) is 28.6 Å². The Labute approximate surface area is 199 Å². The summed E-state index contributed by atoms with van der Waals surface area (Å²) in [5.74, 6) is -1.51. The van der Waals surface area contributed by atoms with Gasteiger partial charge in [-0.15, -0.1) is 28.2 Å². The Kier molecular flexibility index (Phi) is 6.76. The van der Waals surface area contributed by atoms with E-state index in [2.05, 4.69) is 15.5 Å². The van der Waals surface area contributed by atoms with Crippen molar-refractivity contribution < 1.29 is 19.5 Å². The van der Waals surface area contributed by atoms with Crippen LogP contribution in [0.25, 0.3) is 0 Å². The minimum Gasteiger partial charge on any atom is -0.477 e. The van der Waals surface area contributed by atoms with Crippen molar-refractivity contribution in [3.63, 3.8) is 0 Å². The number of hydrogen-bond donors (Lipinski definition) is 3. The number of aliphatic carboxylic acids is 1. The largest absolute Gasteiger partial charge is 0.477 e. The predicted octanol–water partition coefficient (Wildman–Crippen LogP) is 0.0864. The lowest BCUT2D eigenvalue weighted by Gasteiger charge is -2.49. The summed E-state index contributed by atoms with van der Waals surface area (Å²) in [5, 5.41) is 20.1. The van der Waals surface area contributed by atoms with Crippen molar-refractivity contribution in [1.29, 1.82) is 0 Å². The van der Waals surface area contributed by atoms with Crippen LogP contribution in [0.5, 0.6) is 0 Å². The number of carboxylic acid groups (broad SMARTS) is 1. The van der Waals surface area contributed by atoms with Crippen molar-refractivity contribution >= 4 is 52.6 Å². The molecule has 1 fully saturated rings. The average molecular weight is 510 g/mol. The molecule has 4 rings (SSSR count). The Morgan fingerprint density at radius 2 is 2.15 bits per heavy atom. The normalized spacial score (nSPS) is 19.8. The minimum atomic E-state index is -1.24. The van der Waals surface area contributed by atoms with Gasteiger partial charge in [0.25, 0.3) is 5.91 Å². The van der Waals surface area contributed by atoms with Crippen molar-refractivity contribution in [1.82, 2.24) is 25.0 Å². The first-order valence-electron chi connectivity index (χ1n) is 9.85. The summed E-state index contributed by atoms with van der Waals surface area (Å²) in [6.45, 7) is 1.93. The van der Waals surface area contributed by atoms with Gasteiger partial charge in [0.15, 0.2) is 5.16 Å². The van der Waals surface area contributed by atoms with Crippen LogP contribution >= 0.6 is 34.9 Å². The molecular weight excluding hydrogens is 490 g/mol. The first kappa shape index (κ1) is 23.3. The molecule has 174 valence electrons. The van der Waals surface area contributed by atoms with Crippen molar-refractivity contribution in [3.05, 3.63) is 54.4 Å². The number of hydrogen-bond acceptors (Lipinski definition) is 9. The van der Waals surface area contributed by atoms with Crippen LogP contribution in [-0.4, -0.2) is 65.5 Å². The predicted molar refractivity (Wildman–Crippen MR) is 123 cm³/mol. The molecule has 4 heterocycles. The topological polar surface area (TPSA) is 154 Å². The highest BCUT2D eigenvalue weighted by molar-refractivity contribution is 8.01. The van der Waals surface area contributed by atoms with E-state index < -0.39 is 34.4 Å². The number of thiophene rings is 1. The number of thioether (sulfide) groups is 2. The van der Waals surface area contributed by atoms with Gasteiger partial charge in [0, 0.05) is 22.9 Å². The van der Waals surface area contributed by atoms with E-state index in [1.807, 2.05) is 17.5 Å². The maximum absolute atomic E-state index is 12.7. The summed E-state index contributed by atoms with van der Waals surface area (Å²) in [7, 11) is 0. The fourth-order valence-electron chi connectivity index (χ4n) is 3.55. The lowest BCUT2D eigenvalue weighted by molar-refractivity contribution is -0.150. The second kappa shape index (κ2) is 9.57. The van der Waals surface area contributed by atoms with Crippen LogP contribution in [0, 0.1) is 0 Å². The molecule has 2 amide bonds. The van der Waals surface area contributed by atoms with Crippen molar-refractivity contribution in [3.8, 4) is 0 Å². The molecule has 1 saturated heterocycles. The zero-order chi connectivity index (χ0) is 23.7. The number of aromatic nitrogens is 3. The number of H-pyrrole nitrogens is 1. The maximum atomic E-state index is 12.7. The number of carbonyl (C=O) groups is 3. The summed E-state index contributed by atoms with van der Waals surface area (Å²) in [5.41, 5.74) is -1.19. The fourth-order valence-corrected chi connectivity index (χ4v) is 6.75. The third kappa shape index (κ3) is 4.50. The number of nitrogens with one attached hydrogen (secondary N) is 2. The standard InChI is InChI=1S/C19H19N5O6S3/c1-2-23-16(28)14(26)21-22-19(23)33-8-9-7-32-17-12(15(27)24(17)13(9)18(29)30)20-11(25)6-10-4-3-5-31-10/h3-5,12,17H,2,6-8H2,1H3,(H,20,25)(H,21,26)(H,29,30)/t12-,17+/m1/s1. The molecule has 0 saturated carbocycles. The van der Waals surface area contributed by atoms with E-state index in [4.69, 9.17) is 0 Å². The second-order valence-electron chi connectivity index (χ2n) is 7.14. The van der Waals surface area contributed by atoms with E-state index in [0.717, 1.165) is 16.6 Å². The van der Waals surface area contributed by atoms with Crippen LogP contribution in [0.4, 0.5) is 0 Å². The molecule has 0 aliphatic carbocycles. The maximum Gasteiger partial charge on any atom is 0.352 e. The van der Waals surface area contributed by atoms with Crippen LogP contribution in [0.1, 0.15) is 11.8 Å². The summed E-state index contributed by atoms with van der Waals surface area (Å²) in [6.07, 6.45) is 0.160. The number of rotatable bonds is 8. The summed E-state index contributed by atoms with van der Waals surface area (Å²) in [4.78, 5) is 62.6. The number of carboxylic acids is 1. The molecule has 2 aliphatic rings. The van der Waals surface area contributed by atoms with E-state index in [9.17, 15) is 29.1 Å². The van der Waals surface area contributed by atoms with Crippen LogP contribution in [0.3, 0.4) is 0 Å².